The highest BCUT2D eigenvalue weighted by Crippen LogP contribution is 2.43. The molecule has 8 aliphatic heterocycles. The van der Waals surface area contributed by atoms with Crippen molar-refractivity contribution in [2.75, 3.05) is 131 Å². The number of carbonyl (C=O) groups excluding carboxylic acids is 5. The molecular weight excluding hydrogens is 1460 g/mol. The molecular formula is C70H93F3N8O20S4. The van der Waals surface area contributed by atoms with Crippen LogP contribution in [0.3, 0.4) is 0 Å². The topological polar surface area (TPSA) is 340 Å². The van der Waals surface area contributed by atoms with Crippen LogP contribution in [0.5, 0.6) is 0 Å². The Morgan fingerprint density at radius 1 is 0.438 bits per heavy atom. The van der Waals surface area contributed by atoms with Crippen LogP contribution in [0, 0.1) is 0 Å². The first-order valence-electron chi connectivity index (χ1n) is 35.1. The predicted molar refractivity (Wildman–Crippen MR) is 375 cm³/mol. The van der Waals surface area contributed by atoms with E-state index >= 15 is 0 Å². The largest absolute Gasteiger partial charge is 0.480 e. The third-order valence-electron chi connectivity index (χ3n) is 20.1. The zero-order chi connectivity index (χ0) is 76.4. The molecule has 8 fully saturated rings. The Morgan fingerprint density at radius 3 is 1.00 bits per heavy atom. The first-order valence-corrected chi connectivity index (χ1v) is 40.8. The fourth-order valence-electron chi connectivity index (χ4n) is 14.4. The summed E-state index contributed by atoms with van der Waals surface area (Å²) >= 11 is 0. The van der Waals surface area contributed by atoms with E-state index in [1.807, 2.05) is 4.90 Å². The summed E-state index contributed by atoms with van der Waals surface area (Å²) in [5, 5.41) is 12.0. The van der Waals surface area contributed by atoms with Crippen LogP contribution in [-0.4, -0.2) is 266 Å². The monoisotopic (exact) mass is 1550 g/mol. The van der Waals surface area contributed by atoms with Crippen LogP contribution in [0.15, 0.2) is 117 Å². The van der Waals surface area contributed by atoms with E-state index in [1.54, 1.807) is 28.3 Å². The fraction of sp³-hybridized carbons (Fsp3) is 0.571. The van der Waals surface area contributed by atoms with Gasteiger partial charge in [-0.25, -0.2) is 33.7 Å². The number of carboxylic acid groups (broad SMARTS) is 1. The smallest absolute Gasteiger partial charge is 0.454 e. The van der Waals surface area contributed by atoms with Gasteiger partial charge in [0, 0.05) is 139 Å². The Morgan fingerprint density at radius 2 is 0.724 bits per heavy atom. The molecule has 578 valence electrons. The maximum atomic E-state index is 13.2. The Kier molecular flexibility index (Phi) is 27.1. The molecule has 4 aromatic carbocycles. The van der Waals surface area contributed by atoms with Crippen LogP contribution >= 0.6 is 0 Å². The fourth-order valence-corrected chi connectivity index (χ4v) is 21.3. The molecule has 8 aliphatic rings. The third kappa shape index (κ3) is 19.0. The van der Waals surface area contributed by atoms with Crippen molar-refractivity contribution >= 4 is 75.2 Å². The van der Waals surface area contributed by atoms with E-state index in [9.17, 15) is 75.6 Å². The van der Waals surface area contributed by atoms with E-state index in [4.69, 9.17) is 28.8 Å². The zero-order valence-corrected chi connectivity index (χ0v) is 62.8. The van der Waals surface area contributed by atoms with Gasteiger partial charge in [-0.1, -0.05) is 49.7 Å². The molecule has 8 saturated heterocycles. The number of halogens is 3. The quantitative estimate of drug-likeness (QED) is 0.0747. The summed E-state index contributed by atoms with van der Waals surface area (Å²) in [6.45, 7) is 17.2. The lowest BCUT2D eigenvalue weighted by molar-refractivity contribution is -0.147. The van der Waals surface area contributed by atoms with E-state index in [-0.39, 0.29) is 82.2 Å². The van der Waals surface area contributed by atoms with Crippen molar-refractivity contribution in [1.29, 1.82) is 0 Å². The summed E-state index contributed by atoms with van der Waals surface area (Å²) in [5.41, 5.74) is -2.60. The second kappa shape index (κ2) is 34.5. The average molecular weight is 1550 g/mol. The molecule has 0 aliphatic carbocycles. The number of sulfonamides is 4. The first-order chi connectivity index (χ1) is 49.6. The summed E-state index contributed by atoms with van der Waals surface area (Å²) in [6.07, 6.45) is 1.52. The summed E-state index contributed by atoms with van der Waals surface area (Å²) in [5.74, 6) is -3.49. The molecule has 4 aromatic rings. The molecule has 0 saturated carbocycles. The molecule has 0 bridgehead atoms. The molecule has 105 heavy (non-hydrogen) atoms. The van der Waals surface area contributed by atoms with Gasteiger partial charge in [0.2, 0.25) is 40.1 Å². The Hall–Kier alpha value is -6.39. The van der Waals surface area contributed by atoms with Gasteiger partial charge in [0.15, 0.2) is 17.3 Å². The van der Waals surface area contributed by atoms with Crippen molar-refractivity contribution < 1.29 is 104 Å². The molecule has 28 nitrogen and oxygen atoms in total. The SMILES string of the molecule is CC(=O)c1ccc(S(=O)(=O)N2CCOC23CCN(CC(=O)O)CC3)cc1.CCCCN1CCC2(CC1)OCCN2S(=O)(=O)c1ccc(C(C)=O)cc1.CCOC(=O)CN1CCC2(CC1)OCCN2S(=O)(=O)c1ccc(C(C)=O)cc1.O=C(c1ccc(S(=O)(=O)N2CCOC23CCNCC3)cc1)C(F)(F)F. The van der Waals surface area contributed by atoms with Gasteiger partial charge >= 0.3 is 18.1 Å². The Labute approximate surface area is 611 Å². The van der Waals surface area contributed by atoms with Crippen molar-refractivity contribution in [2.45, 2.75) is 147 Å². The van der Waals surface area contributed by atoms with Crippen LogP contribution in [0.2, 0.25) is 0 Å². The van der Waals surface area contributed by atoms with Gasteiger partial charge in [0.25, 0.3) is 5.78 Å². The lowest BCUT2D eigenvalue weighted by Crippen LogP contribution is -2.55. The lowest BCUT2D eigenvalue weighted by atomic mass is 10.0. The second-order valence-corrected chi connectivity index (χ2v) is 34.2. The number of alkyl halides is 3. The number of piperidine rings is 4. The zero-order valence-electron chi connectivity index (χ0n) is 59.6. The van der Waals surface area contributed by atoms with E-state index in [1.165, 1.54) is 101 Å². The Balaban J connectivity index is 0.000000162. The van der Waals surface area contributed by atoms with Crippen LogP contribution < -0.4 is 5.32 Å². The van der Waals surface area contributed by atoms with Crippen LogP contribution in [0.25, 0.3) is 0 Å². The molecule has 0 unspecified atom stereocenters. The lowest BCUT2D eigenvalue weighted by Gasteiger charge is -2.42. The number of nitrogens with zero attached hydrogens (tertiary/aromatic N) is 7. The number of benzene rings is 4. The van der Waals surface area contributed by atoms with Crippen molar-refractivity contribution in [1.82, 2.24) is 37.2 Å². The maximum absolute atomic E-state index is 13.2. The minimum Gasteiger partial charge on any atom is -0.480 e. The molecule has 35 heteroatoms. The molecule has 0 aromatic heterocycles. The normalized spacial score (nSPS) is 21.1. The van der Waals surface area contributed by atoms with Gasteiger partial charge < -0.3 is 39.0 Å². The standard InChI is InChI=1S/C19H26N2O6S.C19H28N2O4S.C17H22N2O6S.C15H17F3N2O4S/c1-3-26-18(23)14-20-10-8-19(9-11-20)21(12-13-27-19)28(24,25)17-6-4-16(5-7-17)15(2)22;1-3-4-11-20-12-9-19(10-13-20)21(14-15-25-19)26(23,24)18-7-5-17(6-8-18)16(2)22;1-13(20)14-2-4-15(5-3-14)26(23,24)19-10-11-25-17(19)6-8-18(9-7-17)12-16(21)22;16-15(17,18)13(21)11-1-3-12(4-2-11)25(22,23)20-9-10-24-14(20)5-7-19-8-6-14/h4-7H,3,8-14H2,1-2H3;5-8H,3-4,9-15H2,1-2H3;2-5H,6-12H2,1H3,(H,21,22);1-4,19H,5-10H2. The molecule has 4 spiro atoms. The van der Waals surface area contributed by atoms with E-state index in [2.05, 4.69) is 17.1 Å². The highest BCUT2D eigenvalue weighted by Gasteiger charge is 2.54. The van der Waals surface area contributed by atoms with Gasteiger partial charge in [-0.3, -0.25) is 38.6 Å². The number of Topliss-reactive ketones (excluding diaryl/α,β-unsaturated/α-hetero) is 4. The number of nitrogens with one attached hydrogen (secondary N) is 1. The summed E-state index contributed by atoms with van der Waals surface area (Å²) in [4.78, 5) is 74.5. The second-order valence-electron chi connectivity index (χ2n) is 26.8. The number of likely N-dealkylation sites (tertiary alicyclic amines) is 3. The number of carbonyl (C=O) groups is 6. The summed E-state index contributed by atoms with van der Waals surface area (Å²) in [7, 11) is -15.1. The number of unbranched alkanes of at least 4 members (excludes halogenated alkanes) is 1. The number of ketones is 4. The molecule has 12 rings (SSSR count). The van der Waals surface area contributed by atoms with Crippen molar-refractivity contribution in [2.24, 2.45) is 0 Å². The maximum Gasteiger partial charge on any atom is 0.454 e. The number of aliphatic carboxylic acids is 1. The van der Waals surface area contributed by atoms with Gasteiger partial charge in [0.05, 0.1) is 65.7 Å². The highest BCUT2D eigenvalue weighted by molar-refractivity contribution is 7.90. The predicted octanol–water partition coefficient (Wildman–Crippen LogP) is 6.09. The number of ether oxygens (including phenoxy) is 5. The van der Waals surface area contributed by atoms with E-state index in [0.29, 0.717) is 140 Å². The van der Waals surface area contributed by atoms with Crippen LogP contribution in [0.4, 0.5) is 13.2 Å². The minimum absolute atomic E-state index is 0.0602. The number of carboxylic acids is 1. The minimum atomic E-state index is -5.00. The first kappa shape index (κ1) is 82.7. The van der Waals surface area contributed by atoms with Gasteiger partial charge in [0.1, 0.15) is 22.9 Å². The Bertz CT molecular complexity index is 4210. The van der Waals surface area contributed by atoms with Gasteiger partial charge in [-0.05, 0) is 114 Å². The van der Waals surface area contributed by atoms with E-state index < -0.39 is 86.5 Å². The van der Waals surface area contributed by atoms with Crippen LogP contribution in [0.1, 0.15) is 140 Å². The third-order valence-corrected chi connectivity index (χ3v) is 28.0. The number of esters is 1. The molecule has 2 N–H and O–H groups in total. The molecule has 0 radical (unpaired) electrons. The van der Waals surface area contributed by atoms with Gasteiger partial charge in [-0.15, -0.1) is 0 Å². The molecule has 8 heterocycles. The summed E-state index contributed by atoms with van der Waals surface area (Å²) < 4.78 is 176. The number of hydrogen-bond acceptors (Lipinski definition) is 23. The van der Waals surface area contributed by atoms with Crippen LogP contribution in [-0.2, 0) is 73.4 Å². The summed E-state index contributed by atoms with van der Waals surface area (Å²) in [6, 6.07) is 21.9. The van der Waals surface area contributed by atoms with Crippen molar-refractivity contribution in [3.63, 3.8) is 0 Å². The average Bonchev–Trinajstić information content (AvgIpc) is 1.67. The molecule has 0 atom stereocenters. The number of rotatable bonds is 20. The van der Waals surface area contributed by atoms with Crippen molar-refractivity contribution in [3.8, 4) is 0 Å². The van der Waals surface area contributed by atoms with Gasteiger partial charge in [-0.2, -0.15) is 30.4 Å². The number of hydrogen-bond donors (Lipinski definition) is 2. The van der Waals surface area contributed by atoms with Crippen molar-refractivity contribution in [3.05, 3.63) is 119 Å². The van der Waals surface area contributed by atoms with E-state index in [0.717, 1.165) is 50.3 Å². The highest BCUT2D eigenvalue weighted by atomic mass is 32.2. The molecule has 0 amide bonds.